The molecule has 0 saturated carbocycles. The fourth-order valence-corrected chi connectivity index (χ4v) is 1.81. The van der Waals surface area contributed by atoms with Gasteiger partial charge in [-0.05, 0) is 14.0 Å². The average Bonchev–Trinajstić information content (AvgIpc) is 2.64. The first kappa shape index (κ1) is 11.6. The molecule has 0 spiro atoms. The summed E-state index contributed by atoms with van der Waals surface area (Å²) in [5, 5.41) is 3.30. The zero-order valence-corrected chi connectivity index (χ0v) is 9.90. The van der Waals surface area contributed by atoms with Gasteiger partial charge in [0.15, 0.2) is 0 Å². The van der Waals surface area contributed by atoms with Gasteiger partial charge in [-0.25, -0.2) is 4.98 Å². The summed E-state index contributed by atoms with van der Waals surface area (Å²) in [6, 6.07) is 0. The minimum absolute atomic E-state index is 0.273. The van der Waals surface area contributed by atoms with Crippen LogP contribution in [0.4, 0.5) is 0 Å². The lowest BCUT2D eigenvalue weighted by Gasteiger charge is -2.30. The molecule has 1 N–H and O–H groups in total. The van der Waals surface area contributed by atoms with E-state index in [-0.39, 0.29) is 6.10 Å². The van der Waals surface area contributed by atoms with E-state index in [1.54, 1.807) is 6.20 Å². The molecule has 1 atom stereocenters. The SMILES string of the molecule is Cc1cnc(CNCC2CN(C)CCO2)o1. The van der Waals surface area contributed by atoms with Crippen molar-refractivity contribution in [3.05, 3.63) is 17.8 Å². The first-order chi connectivity index (χ1) is 7.74. The number of nitrogens with one attached hydrogen (secondary N) is 1. The number of hydrogen-bond donors (Lipinski definition) is 1. The van der Waals surface area contributed by atoms with Crippen LogP contribution < -0.4 is 5.32 Å². The van der Waals surface area contributed by atoms with Crippen LogP contribution in [0.1, 0.15) is 11.7 Å². The van der Waals surface area contributed by atoms with Gasteiger partial charge in [0.25, 0.3) is 0 Å². The number of ether oxygens (including phenoxy) is 1. The fraction of sp³-hybridized carbons (Fsp3) is 0.727. The molecule has 0 radical (unpaired) electrons. The number of oxazole rings is 1. The molecule has 16 heavy (non-hydrogen) atoms. The number of likely N-dealkylation sites (N-methyl/N-ethyl adjacent to an activating group) is 1. The van der Waals surface area contributed by atoms with Gasteiger partial charge in [0.1, 0.15) is 5.76 Å². The van der Waals surface area contributed by atoms with Gasteiger partial charge in [0.05, 0.1) is 25.5 Å². The van der Waals surface area contributed by atoms with Crippen molar-refractivity contribution in [3.8, 4) is 0 Å². The topological polar surface area (TPSA) is 50.5 Å². The monoisotopic (exact) mass is 225 g/mol. The van der Waals surface area contributed by atoms with Gasteiger partial charge in [-0.2, -0.15) is 0 Å². The third-order valence-electron chi connectivity index (χ3n) is 2.66. The maximum atomic E-state index is 5.64. The van der Waals surface area contributed by atoms with Gasteiger partial charge in [-0.15, -0.1) is 0 Å². The minimum atomic E-state index is 0.273. The molecule has 1 aromatic heterocycles. The Bertz CT molecular complexity index is 327. The maximum Gasteiger partial charge on any atom is 0.208 e. The van der Waals surface area contributed by atoms with E-state index < -0.39 is 0 Å². The lowest BCUT2D eigenvalue weighted by molar-refractivity contribution is -0.0184. The molecule has 5 heteroatoms. The quantitative estimate of drug-likeness (QED) is 0.804. The van der Waals surface area contributed by atoms with Gasteiger partial charge < -0.3 is 19.4 Å². The Balaban J connectivity index is 1.67. The summed E-state index contributed by atoms with van der Waals surface area (Å²) in [7, 11) is 2.12. The second kappa shape index (κ2) is 5.43. The van der Waals surface area contributed by atoms with Crippen molar-refractivity contribution in [2.45, 2.75) is 19.6 Å². The van der Waals surface area contributed by atoms with Crippen LogP contribution >= 0.6 is 0 Å². The summed E-state index contributed by atoms with van der Waals surface area (Å²) >= 11 is 0. The van der Waals surface area contributed by atoms with Gasteiger partial charge in [-0.3, -0.25) is 0 Å². The third kappa shape index (κ3) is 3.30. The van der Waals surface area contributed by atoms with E-state index in [4.69, 9.17) is 9.15 Å². The van der Waals surface area contributed by atoms with E-state index >= 15 is 0 Å². The highest BCUT2D eigenvalue weighted by molar-refractivity contribution is 4.90. The van der Waals surface area contributed by atoms with Crippen LogP contribution in [0, 0.1) is 6.92 Å². The van der Waals surface area contributed by atoms with Crippen LogP contribution in [0.5, 0.6) is 0 Å². The second-order valence-corrected chi connectivity index (χ2v) is 4.25. The highest BCUT2D eigenvalue weighted by Gasteiger charge is 2.17. The van der Waals surface area contributed by atoms with Crippen molar-refractivity contribution in [2.75, 3.05) is 33.3 Å². The number of rotatable bonds is 4. The zero-order valence-electron chi connectivity index (χ0n) is 9.90. The first-order valence-corrected chi connectivity index (χ1v) is 5.66. The van der Waals surface area contributed by atoms with Gasteiger partial charge >= 0.3 is 0 Å². The van der Waals surface area contributed by atoms with Crippen molar-refractivity contribution in [3.63, 3.8) is 0 Å². The molecule has 90 valence electrons. The predicted molar refractivity (Wildman–Crippen MR) is 60.2 cm³/mol. The summed E-state index contributed by atoms with van der Waals surface area (Å²) in [6.07, 6.45) is 2.01. The fourth-order valence-electron chi connectivity index (χ4n) is 1.81. The van der Waals surface area contributed by atoms with E-state index in [2.05, 4.69) is 22.2 Å². The maximum absolute atomic E-state index is 5.64. The lowest BCUT2D eigenvalue weighted by Crippen LogP contribution is -2.44. The summed E-state index contributed by atoms with van der Waals surface area (Å²) in [6.45, 7) is 6.23. The summed E-state index contributed by atoms with van der Waals surface area (Å²) in [5.41, 5.74) is 0. The number of hydrogen-bond acceptors (Lipinski definition) is 5. The molecule has 0 amide bonds. The standard InChI is InChI=1S/C11H19N3O2/c1-9-5-13-11(16-9)7-12-6-10-8-14(2)3-4-15-10/h5,10,12H,3-4,6-8H2,1-2H3. The molecule has 0 aliphatic carbocycles. The lowest BCUT2D eigenvalue weighted by atomic mass is 10.3. The zero-order chi connectivity index (χ0) is 11.4. The Morgan fingerprint density at radius 2 is 2.50 bits per heavy atom. The van der Waals surface area contributed by atoms with Crippen molar-refractivity contribution in [1.82, 2.24) is 15.2 Å². The molecule has 1 aliphatic rings. The largest absolute Gasteiger partial charge is 0.445 e. The molecule has 1 fully saturated rings. The van der Waals surface area contributed by atoms with Gasteiger partial charge in [0, 0.05) is 19.6 Å². The molecule has 0 bridgehead atoms. The minimum Gasteiger partial charge on any atom is -0.445 e. The molecule has 0 aromatic carbocycles. The molecule has 1 aliphatic heterocycles. The highest BCUT2D eigenvalue weighted by Crippen LogP contribution is 2.03. The van der Waals surface area contributed by atoms with Crippen molar-refractivity contribution in [1.29, 1.82) is 0 Å². The van der Waals surface area contributed by atoms with Gasteiger partial charge in [0.2, 0.25) is 5.89 Å². The van der Waals surface area contributed by atoms with E-state index in [0.29, 0.717) is 6.54 Å². The molecular formula is C11H19N3O2. The van der Waals surface area contributed by atoms with E-state index in [1.165, 1.54) is 0 Å². The average molecular weight is 225 g/mol. The number of nitrogens with zero attached hydrogens (tertiary/aromatic N) is 2. The Morgan fingerprint density at radius 1 is 1.62 bits per heavy atom. The van der Waals surface area contributed by atoms with Crippen molar-refractivity contribution in [2.24, 2.45) is 0 Å². The first-order valence-electron chi connectivity index (χ1n) is 5.66. The molecular weight excluding hydrogens is 206 g/mol. The predicted octanol–water partition coefficient (Wildman–Crippen LogP) is 0.403. The molecule has 1 aromatic rings. The second-order valence-electron chi connectivity index (χ2n) is 4.25. The normalized spacial score (nSPS) is 22.5. The Morgan fingerprint density at radius 3 is 3.19 bits per heavy atom. The highest BCUT2D eigenvalue weighted by atomic mass is 16.5. The van der Waals surface area contributed by atoms with Crippen LogP contribution in [0.3, 0.4) is 0 Å². The number of aromatic nitrogens is 1. The number of aryl methyl sites for hydroxylation is 1. The third-order valence-corrected chi connectivity index (χ3v) is 2.66. The Hall–Kier alpha value is -0.910. The van der Waals surface area contributed by atoms with Gasteiger partial charge in [-0.1, -0.05) is 0 Å². The van der Waals surface area contributed by atoms with Crippen LogP contribution in [0.25, 0.3) is 0 Å². The van der Waals surface area contributed by atoms with Crippen molar-refractivity contribution >= 4 is 0 Å². The van der Waals surface area contributed by atoms with E-state index in [1.807, 2.05) is 6.92 Å². The Labute approximate surface area is 95.8 Å². The van der Waals surface area contributed by atoms with E-state index in [9.17, 15) is 0 Å². The molecule has 2 heterocycles. The van der Waals surface area contributed by atoms with Crippen LogP contribution in [0.15, 0.2) is 10.6 Å². The molecule has 5 nitrogen and oxygen atoms in total. The Kier molecular flexibility index (Phi) is 3.93. The smallest absolute Gasteiger partial charge is 0.208 e. The molecule has 1 saturated heterocycles. The van der Waals surface area contributed by atoms with Crippen LogP contribution in [-0.2, 0) is 11.3 Å². The number of morpholine rings is 1. The van der Waals surface area contributed by atoms with Crippen LogP contribution in [0.2, 0.25) is 0 Å². The van der Waals surface area contributed by atoms with E-state index in [0.717, 1.165) is 37.9 Å². The summed E-state index contributed by atoms with van der Waals surface area (Å²) < 4.78 is 11.0. The van der Waals surface area contributed by atoms with Crippen molar-refractivity contribution < 1.29 is 9.15 Å². The summed E-state index contributed by atoms with van der Waals surface area (Å²) in [5.74, 6) is 1.59. The molecule has 2 rings (SSSR count). The van der Waals surface area contributed by atoms with Crippen LogP contribution in [-0.4, -0.2) is 49.3 Å². The summed E-state index contributed by atoms with van der Waals surface area (Å²) in [4.78, 5) is 6.42. The molecule has 1 unspecified atom stereocenters.